The van der Waals surface area contributed by atoms with Gasteiger partial charge in [-0.3, -0.25) is 5.41 Å². The van der Waals surface area contributed by atoms with Crippen molar-refractivity contribution in [2.75, 3.05) is 7.11 Å². The number of rotatable bonds is 3. The molecule has 0 aromatic heterocycles. The Balaban J connectivity index is 3.32. The van der Waals surface area contributed by atoms with E-state index in [1.807, 2.05) is 0 Å². The zero-order chi connectivity index (χ0) is 6.57. The molecule has 0 radical (unpaired) electrons. The third kappa shape index (κ3) is 2.51. The minimum Gasteiger partial charge on any atom is -0.383 e. The van der Waals surface area contributed by atoms with Gasteiger partial charge in [-0.25, -0.2) is 4.89 Å². The summed E-state index contributed by atoms with van der Waals surface area (Å²) in [5.41, 5.74) is 4.75. The Bertz CT molecular complexity index is 84.6. The summed E-state index contributed by atoms with van der Waals surface area (Å²) in [6.45, 7) is 0. The molecule has 1 atom stereocenters. The molecule has 0 bridgehead atoms. The van der Waals surface area contributed by atoms with Crippen LogP contribution < -0.4 is 5.73 Å². The summed E-state index contributed by atoms with van der Waals surface area (Å²) in [5, 5.41) is 15.0. The summed E-state index contributed by atoms with van der Waals surface area (Å²) in [6, 6.07) is 0. The highest BCUT2D eigenvalue weighted by atomic mass is 17.2. The lowest BCUT2D eigenvalue weighted by atomic mass is 10.6. The smallest absolute Gasteiger partial charge is 0.246 e. The van der Waals surface area contributed by atoms with Gasteiger partial charge in [-0.2, -0.15) is 4.89 Å². The quantitative estimate of drug-likeness (QED) is 0.144. The summed E-state index contributed by atoms with van der Waals surface area (Å²) >= 11 is 0. The summed E-state index contributed by atoms with van der Waals surface area (Å²) < 4.78 is 0. The number of hydrogen-bond donors (Lipinski definition) is 3. The average Bonchev–Trinajstić information content (AvgIpc) is 1.67. The summed E-state index contributed by atoms with van der Waals surface area (Å²) in [5.74, 6) is -0.480. The maximum absolute atomic E-state index is 8.43. The highest BCUT2D eigenvalue weighted by Gasteiger charge is 2.05. The first-order valence-electron chi connectivity index (χ1n) is 1.90. The van der Waals surface area contributed by atoms with E-state index in [0.717, 1.165) is 0 Å². The minimum absolute atomic E-state index is 0.480. The fourth-order valence-electron chi connectivity index (χ4n) is 0.143. The topological polar surface area (TPSA) is 88.6 Å². The van der Waals surface area contributed by atoms with E-state index in [1.54, 1.807) is 0 Å². The lowest BCUT2D eigenvalue weighted by Gasteiger charge is -2.04. The number of aliphatic hydroxyl groups excluding tert-OH is 1. The van der Waals surface area contributed by atoms with Gasteiger partial charge in [0.05, 0.1) is 7.11 Å². The Morgan fingerprint density at radius 1 is 1.88 bits per heavy atom. The third-order valence-corrected chi connectivity index (χ3v) is 0.453. The average molecular weight is 120 g/mol. The molecule has 0 amide bonds. The monoisotopic (exact) mass is 120 g/mol. The van der Waals surface area contributed by atoms with Gasteiger partial charge in [-0.15, -0.1) is 0 Å². The fourth-order valence-corrected chi connectivity index (χ4v) is 0.143. The van der Waals surface area contributed by atoms with Crippen LogP contribution in [0, 0.1) is 5.41 Å². The van der Waals surface area contributed by atoms with E-state index >= 15 is 0 Å². The van der Waals surface area contributed by atoms with Gasteiger partial charge in [0.25, 0.3) is 0 Å². The molecule has 0 saturated carbocycles. The second-order valence-corrected chi connectivity index (χ2v) is 1.07. The number of hydrogen-bond acceptors (Lipinski definition) is 4. The normalized spacial score (nSPS) is 13.2. The van der Waals surface area contributed by atoms with Gasteiger partial charge in [0.1, 0.15) is 0 Å². The number of nitrogens with two attached hydrogens (primary N) is 1. The van der Waals surface area contributed by atoms with Crippen LogP contribution in [0.3, 0.4) is 0 Å². The van der Waals surface area contributed by atoms with Crippen LogP contribution in [0.2, 0.25) is 0 Å². The van der Waals surface area contributed by atoms with Crippen LogP contribution in [-0.4, -0.2) is 24.3 Å². The van der Waals surface area contributed by atoms with Gasteiger partial charge in [-0.1, -0.05) is 0 Å². The third-order valence-electron chi connectivity index (χ3n) is 0.453. The molecule has 5 heteroatoms. The molecule has 5 nitrogen and oxygen atoms in total. The molecule has 48 valence electrons. The molecular weight excluding hydrogens is 112 g/mol. The summed E-state index contributed by atoms with van der Waals surface area (Å²) in [6.07, 6.45) is -1.44. The minimum atomic E-state index is -1.44. The van der Waals surface area contributed by atoms with E-state index in [0.29, 0.717) is 0 Å². The molecule has 0 heterocycles. The van der Waals surface area contributed by atoms with E-state index in [2.05, 4.69) is 9.78 Å². The summed E-state index contributed by atoms with van der Waals surface area (Å²) in [7, 11) is 1.21. The van der Waals surface area contributed by atoms with Crippen molar-refractivity contribution in [1.82, 2.24) is 0 Å². The van der Waals surface area contributed by atoms with Gasteiger partial charge in [0, 0.05) is 0 Å². The molecular formula is C3H8N2O3. The van der Waals surface area contributed by atoms with Gasteiger partial charge < -0.3 is 10.8 Å². The highest BCUT2D eigenvalue weighted by molar-refractivity contribution is 5.79. The van der Waals surface area contributed by atoms with Crippen molar-refractivity contribution in [3.8, 4) is 0 Å². The predicted molar refractivity (Wildman–Crippen MR) is 26.0 cm³/mol. The second kappa shape index (κ2) is 3.36. The largest absolute Gasteiger partial charge is 0.383 e. The van der Waals surface area contributed by atoms with Crippen LogP contribution in [0.5, 0.6) is 0 Å². The van der Waals surface area contributed by atoms with Gasteiger partial charge in [-0.05, 0) is 0 Å². The van der Waals surface area contributed by atoms with Crippen molar-refractivity contribution >= 4 is 5.84 Å². The Morgan fingerprint density at radius 2 is 2.38 bits per heavy atom. The van der Waals surface area contributed by atoms with E-state index < -0.39 is 12.1 Å². The Labute approximate surface area is 46.4 Å². The molecule has 0 aliphatic heterocycles. The van der Waals surface area contributed by atoms with Crippen LogP contribution >= 0.6 is 0 Å². The van der Waals surface area contributed by atoms with E-state index in [4.69, 9.17) is 16.2 Å². The van der Waals surface area contributed by atoms with Crippen molar-refractivity contribution in [3.05, 3.63) is 0 Å². The zero-order valence-electron chi connectivity index (χ0n) is 4.42. The Morgan fingerprint density at radius 3 is 2.50 bits per heavy atom. The standard InChI is InChI=1S/C3H8N2O3/c1-7-8-3(6)2(4)5/h3,6H,1H3,(H3,4,5). The maximum Gasteiger partial charge on any atom is 0.246 e. The van der Waals surface area contributed by atoms with Crippen LogP contribution in [0.1, 0.15) is 0 Å². The van der Waals surface area contributed by atoms with Crippen LogP contribution in [0.4, 0.5) is 0 Å². The zero-order valence-corrected chi connectivity index (χ0v) is 4.42. The molecule has 8 heavy (non-hydrogen) atoms. The number of amidine groups is 1. The lowest BCUT2D eigenvalue weighted by molar-refractivity contribution is -0.332. The molecule has 0 spiro atoms. The van der Waals surface area contributed by atoms with E-state index in [-0.39, 0.29) is 0 Å². The maximum atomic E-state index is 8.43. The Kier molecular flexibility index (Phi) is 3.09. The molecule has 4 N–H and O–H groups in total. The van der Waals surface area contributed by atoms with E-state index in [9.17, 15) is 0 Å². The molecule has 0 aromatic rings. The van der Waals surface area contributed by atoms with Crippen molar-refractivity contribution < 1.29 is 14.9 Å². The van der Waals surface area contributed by atoms with Crippen LogP contribution in [0.25, 0.3) is 0 Å². The van der Waals surface area contributed by atoms with Gasteiger partial charge in [0.15, 0.2) is 5.84 Å². The molecule has 0 fully saturated rings. The second-order valence-electron chi connectivity index (χ2n) is 1.07. The first-order chi connectivity index (χ1) is 3.68. The number of nitrogens with one attached hydrogen (secondary N) is 1. The fraction of sp³-hybridized carbons (Fsp3) is 0.667. The molecule has 0 aromatic carbocycles. The SMILES string of the molecule is COOC(O)C(=N)N. The first kappa shape index (κ1) is 7.35. The molecule has 0 aliphatic carbocycles. The van der Waals surface area contributed by atoms with Crippen molar-refractivity contribution in [2.24, 2.45) is 5.73 Å². The van der Waals surface area contributed by atoms with Crippen LogP contribution in [0.15, 0.2) is 0 Å². The Hall–Kier alpha value is -0.650. The van der Waals surface area contributed by atoms with Gasteiger partial charge in [0.2, 0.25) is 6.29 Å². The summed E-state index contributed by atoms with van der Waals surface area (Å²) in [4.78, 5) is 8.00. The van der Waals surface area contributed by atoms with Crippen molar-refractivity contribution in [1.29, 1.82) is 5.41 Å². The lowest BCUT2D eigenvalue weighted by Crippen LogP contribution is -2.29. The van der Waals surface area contributed by atoms with Crippen molar-refractivity contribution in [2.45, 2.75) is 6.29 Å². The van der Waals surface area contributed by atoms with E-state index in [1.165, 1.54) is 7.11 Å². The molecule has 0 saturated heterocycles. The first-order valence-corrected chi connectivity index (χ1v) is 1.90. The van der Waals surface area contributed by atoms with Crippen LogP contribution in [-0.2, 0) is 9.78 Å². The molecule has 1 unspecified atom stereocenters. The number of aliphatic hydroxyl groups is 1. The highest BCUT2D eigenvalue weighted by Crippen LogP contribution is 1.82. The molecule has 0 aliphatic rings. The predicted octanol–water partition coefficient (Wildman–Crippen LogP) is -1.18. The van der Waals surface area contributed by atoms with Crippen molar-refractivity contribution in [3.63, 3.8) is 0 Å². The van der Waals surface area contributed by atoms with Gasteiger partial charge >= 0.3 is 0 Å². The molecule has 0 rings (SSSR count).